The maximum atomic E-state index is 6.13. The number of aromatic nitrogens is 4. The Morgan fingerprint density at radius 3 is 2.88 bits per heavy atom. The molecule has 0 saturated heterocycles. The third kappa shape index (κ3) is 1.94. The molecule has 0 aliphatic carbocycles. The van der Waals surface area contributed by atoms with Crippen LogP contribution in [0.25, 0.3) is 0 Å². The first kappa shape index (κ1) is 10.8. The summed E-state index contributed by atoms with van der Waals surface area (Å²) >= 11 is 0. The van der Waals surface area contributed by atoms with Crippen LogP contribution in [0.5, 0.6) is 0 Å². The second kappa shape index (κ2) is 4.40. The van der Waals surface area contributed by atoms with Gasteiger partial charge in [0.05, 0.1) is 5.69 Å². The van der Waals surface area contributed by atoms with Crippen LogP contribution in [0.1, 0.15) is 30.3 Å². The van der Waals surface area contributed by atoms with Crippen molar-refractivity contribution in [3.63, 3.8) is 0 Å². The largest absolute Gasteiger partial charge is 0.334 e. The highest BCUT2D eigenvalue weighted by Gasteiger charge is 2.15. The lowest BCUT2D eigenvalue weighted by Crippen LogP contribution is -2.19. The molecule has 0 fully saturated rings. The number of rotatable bonds is 3. The van der Waals surface area contributed by atoms with E-state index in [9.17, 15) is 0 Å². The molecule has 2 rings (SSSR count). The normalized spacial score (nSPS) is 12.7. The summed E-state index contributed by atoms with van der Waals surface area (Å²) in [6.07, 6.45) is 5.40. The zero-order valence-corrected chi connectivity index (χ0v) is 9.46. The van der Waals surface area contributed by atoms with Crippen LogP contribution in [0.2, 0.25) is 0 Å². The molecule has 2 aromatic rings. The van der Waals surface area contributed by atoms with E-state index in [1.165, 1.54) is 0 Å². The topological polar surface area (TPSA) is 69.6 Å². The van der Waals surface area contributed by atoms with Crippen LogP contribution in [0, 0.1) is 6.92 Å². The van der Waals surface area contributed by atoms with Crippen molar-refractivity contribution in [1.29, 1.82) is 0 Å². The number of hydrogen-bond acceptors (Lipinski definition) is 4. The van der Waals surface area contributed by atoms with Gasteiger partial charge in [0.2, 0.25) is 0 Å². The van der Waals surface area contributed by atoms with Gasteiger partial charge in [-0.05, 0) is 19.9 Å². The Bertz CT molecular complexity index is 477. The molecule has 16 heavy (non-hydrogen) atoms. The van der Waals surface area contributed by atoms with Crippen LogP contribution < -0.4 is 5.73 Å². The third-order valence-corrected chi connectivity index (χ3v) is 2.48. The van der Waals surface area contributed by atoms with E-state index in [-0.39, 0.29) is 6.04 Å². The minimum Gasteiger partial charge on any atom is -0.334 e. The Hall–Kier alpha value is -1.75. The smallest absolute Gasteiger partial charge is 0.131 e. The fourth-order valence-corrected chi connectivity index (χ4v) is 1.65. The van der Waals surface area contributed by atoms with E-state index in [0.717, 1.165) is 23.9 Å². The summed E-state index contributed by atoms with van der Waals surface area (Å²) in [5.41, 5.74) is 6.93. The summed E-state index contributed by atoms with van der Waals surface area (Å²) in [4.78, 5) is 12.6. The maximum absolute atomic E-state index is 6.13. The SMILES string of the molecule is CCn1ccnc1C(N)c1ccnc(C)n1. The van der Waals surface area contributed by atoms with E-state index < -0.39 is 0 Å². The molecular weight excluding hydrogens is 202 g/mol. The van der Waals surface area contributed by atoms with Crippen LogP contribution in [0.3, 0.4) is 0 Å². The number of nitrogens with two attached hydrogens (primary N) is 1. The first-order valence-corrected chi connectivity index (χ1v) is 5.28. The summed E-state index contributed by atoms with van der Waals surface area (Å²) in [5.74, 6) is 1.56. The lowest BCUT2D eigenvalue weighted by molar-refractivity contribution is 0.644. The molecule has 0 amide bonds. The van der Waals surface area contributed by atoms with Crippen molar-refractivity contribution in [2.75, 3.05) is 0 Å². The predicted octanol–water partition coefficient (Wildman–Crippen LogP) is 1.05. The second-order valence-corrected chi connectivity index (χ2v) is 3.58. The maximum Gasteiger partial charge on any atom is 0.131 e. The lowest BCUT2D eigenvalue weighted by atomic mass is 10.2. The number of imidazole rings is 1. The first-order chi connectivity index (χ1) is 7.72. The Balaban J connectivity index is 2.35. The first-order valence-electron chi connectivity index (χ1n) is 5.28. The summed E-state index contributed by atoms with van der Waals surface area (Å²) < 4.78 is 2.02. The quantitative estimate of drug-likeness (QED) is 0.834. The molecule has 0 saturated carbocycles. The van der Waals surface area contributed by atoms with Gasteiger partial charge in [0.1, 0.15) is 17.7 Å². The Morgan fingerprint density at radius 1 is 1.38 bits per heavy atom. The fourth-order valence-electron chi connectivity index (χ4n) is 1.65. The van der Waals surface area contributed by atoms with Gasteiger partial charge in [0.25, 0.3) is 0 Å². The molecule has 84 valence electrons. The highest BCUT2D eigenvalue weighted by Crippen LogP contribution is 2.15. The molecule has 1 unspecified atom stereocenters. The van der Waals surface area contributed by atoms with E-state index in [2.05, 4.69) is 21.9 Å². The average molecular weight is 217 g/mol. The summed E-state index contributed by atoms with van der Waals surface area (Å²) in [6, 6.07) is 1.53. The molecule has 0 aliphatic rings. The van der Waals surface area contributed by atoms with E-state index >= 15 is 0 Å². The number of aryl methyl sites for hydroxylation is 2. The molecule has 0 radical (unpaired) electrons. The van der Waals surface area contributed by atoms with Crippen LogP contribution >= 0.6 is 0 Å². The van der Waals surface area contributed by atoms with Crippen molar-refractivity contribution in [3.05, 3.63) is 42.0 Å². The van der Waals surface area contributed by atoms with Gasteiger partial charge in [-0.3, -0.25) is 0 Å². The van der Waals surface area contributed by atoms with Gasteiger partial charge in [0, 0.05) is 25.1 Å². The van der Waals surface area contributed by atoms with Gasteiger partial charge in [-0.25, -0.2) is 15.0 Å². The van der Waals surface area contributed by atoms with Crippen molar-refractivity contribution < 1.29 is 0 Å². The molecule has 0 spiro atoms. The molecule has 5 heteroatoms. The highest BCUT2D eigenvalue weighted by atomic mass is 15.1. The van der Waals surface area contributed by atoms with Gasteiger partial charge >= 0.3 is 0 Å². The fraction of sp³-hybridized carbons (Fsp3) is 0.364. The molecule has 0 aliphatic heterocycles. The minimum atomic E-state index is -0.295. The highest BCUT2D eigenvalue weighted by molar-refractivity contribution is 5.16. The zero-order valence-electron chi connectivity index (χ0n) is 9.46. The van der Waals surface area contributed by atoms with E-state index in [0.29, 0.717) is 0 Å². The van der Waals surface area contributed by atoms with Gasteiger partial charge in [-0.15, -0.1) is 0 Å². The minimum absolute atomic E-state index is 0.295. The molecule has 0 bridgehead atoms. The van der Waals surface area contributed by atoms with Crippen LogP contribution in [0.4, 0.5) is 0 Å². The standard InChI is InChI=1S/C11H15N5/c1-3-16-7-6-14-11(16)10(12)9-4-5-13-8(2)15-9/h4-7,10H,3,12H2,1-2H3. The van der Waals surface area contributed by atoms with Gasteiger partial charge in [-0.2, -0.15) is 0 Å². The average Bonchev–Trinajstić information content (AvgIpc) is 2.76. The Morgan fingerprint density at radius 2 is 2.19 bits per heavy atom. The second-order valence-electron chi connectivity index (χ2n) is 3.58. The summed E-state index contributed by atoms with van der Waals surface area (Å²) in [5, 5.41) is 0. The molecule has 1 atom stereocenters. The van der Waals surface area contributed by atoms with E-state index in [1.54, 1.807) is 12.4 Å². The summed E-state index contributed by atoms with van der Waals surface area (Å²) in [7, 11) is 0. The predicted molar refractivity (Wildman–Crippen MR) is 60.7 cm³/mol. The van der Waals surface area contributed by atoms with Crippen molar-refractivity contribution >= 4 is 0 Å². The molecule has 5 nitrogen and oxygen atoms in total. The van der Waals surface area contributed by atoms with Crippen molar-refractivity contribution in [2.45, 2.75) is 26.4 Å². The Kier molecular flexibility index (Phi) is 2.96. The van der Waals surface area contributed by atoms with Crippen molar-refractivity contribution in [1.82, 2.24) is 19.5 Å². The van der Waals surface area contributed by atoms with Crippen LogP contribution in [-0.4, -0.2) is 19.5 Å². The van der Waals surface area contributed by atoms with Gasteiger partial charge in [-0.1, -0.05) is 0 Å². The Labute approximate surface area is 94.4 Å². The van der Waals surface area contributed by atoms with E-state index in [4.69, 9.17) is 5.73 Å². The van der Waals surface area contributed by atoms with Crippen molar-refractivity contribution in [2.24, 2.45) is 5.73 Å². The van der Waals surface area contributed by atoms with E-state index in [1.807, 2.05) is 23.8 Å². The molecular formula is C11H15N5. The molecule has 0 aromatic carbocycles. The third-order valence-electron chi connectivity index (χ3n) is 2.48. The van der Waals surface area contributed by atoms with Crippen LogP contribution in [-0.2, 0) is 6.54 Å². The molecule has 2 N–H and O–H groups in total. The molecule has 2 heterocycles. The van der Waals surface area contributed by atoms with Gasteiger partial charge < -0.3 is 10.3 Å². The molecule has 2 aromatic heterocycles. The van der Waals surface area contributed by atoms with Gasteiger partial charge in [0.15, 0.2) is 0 Å². The lowest BCUT2D eigenvalue weighted by Gasteiger charge is -2.12. The number of hydrogen-bond donors (Lipinski definition) is 1. The monoisotopic (exact) mass is 217 g/mol. The number of nitrogens with zero attached hydrogens (tertiary/aromatic N) is 4. The van der Waals surface area contributed by atoms with Crippen molar-refractivity contribution in [3.8, 4) is 0 Å². The van der Waals surface area contributed by atoms with Crippen LogP contribution in [0.15, 0.2) is 24.7 Å². The zero-order chi connectivity index (χ0) is 11.5. The summed E-state index contributed by atoms with van der Waals surface area (Å²) in [6.45, 7) is 4.76.